The molecular weight excluding hydrogens is 317 g/mol. The van der Waals surface area contributed by atoms with E-state index in [0.717, 1.165) is 24.5 Å². The molecule has 3 nitrogen and oxygen atoms in total. The second-order valence-corrected chi connectivity index (χ2v) is 5.86. The lowest BCUT2D eigenvalue weighted by atomic mass is 9.98. The van der Waals surface area contributed by atoms with Crippen LogP contribution in [0.15, 0.2) is 48.5 Å². The summed E-state index contributed by atoms with van der Waals surface area (Å²) in [5.41, 5.74) is 6.20. The van der Waals surface area contributed by atoms with Crippen molar-refractivity contribution in [1.82, 2.24) is 5.43 Å². The fraction of sp³-hybridized carbons (Fsp3) is 0.278. The zero-order chi connectivity index (χ0) is 17.2. The third-order valence-electron chi connectivity index (χ3n) is 4.26. The van der Waals surface area contributed by atoms with Gasteiger partial charge >= 0.3 is 6.18 Å². The first-order valence-electron chi connectivity index (χ1n) is 7.74. The van der Waals surface area contributed by atoms with Crippen molar-refractivity contribution in [2.24, 2.45) is 0 Å². The molecule has 0 fully saturated rings. The number of rotatable bonds is 4. The van der Waals surface area contributed by atoms with Crippen LogP contribution < -0.4 is 10.9 Å². The maximum atomic E-state index is 12.9. The van der Waals surface area contributed by atoms with Crippen LogP contribution in [0.25, 0.3) is 0 Å². The number of anilines is 1. The molecule has 1 aliphatic rings. The molecule has 0 spiro atoms. The zero-order valence-electron chi connectivity index (χ0n) is 12.9. The summed E-state index contributed by atoms with van der Waals surface area (Å²) < 4.78 is 38.7. The number of amides is 1. The maximum absolute atomic E-state index is 12.9. The van der Waals surface area contributed by atoms with Crippen molar-refractivity contribution in [1.29, 1.82) is 0 Å². The van der Waals surface area contributed by atoms with Crippen molar-refractivity contribution in [3.63, 3.8) is 0 Å². The number of benzene rings is 2. The fourth-order valence-electron chi connectivity index (χ4n) is 3.11. The average molecular weight is 334 g/mol. The Hall–Kier alpha value is -2.50. The molecule has 0 saturated heterocycles. The van der Waals surface area contributed by atoms with Gasteiger partial charge in [-0.15, -0.1) is 0 Å². The molecule has 24 heavy (non-hydrogen) atoms. The quantitative estimate of drug-likeness (QED) is 0.820. The van der Waals surface area contributed by atoms with Crippen LogP contribution in [0.2, 0.25) is 0 Å². The van der Waals surface area contributed by atoms with Crippen LogP contribution in [0.4, 0.5) is 18.9 Å². The molecule has 0 bridgehead atoms. The zero-order valence-corrected chi connectivity index (χ0v) is 12.9. The summed E-state index contributed by atoms with van der Waals surface area (Å²) in [7, 11) is 0. The van der Waals surface area contributed by atoms with Crippen LogP contribution in [0, 0.1) is 0 Å². The highest BCUT2D eigenvalue weighted by Gasteiger charge is 2.33. The minimum Gasteiger partial charge on any atom is -0.298 e. The standard InChI is InChI=1S/C18H17F3N2O/c19-18(20,21)15-7-3-4-8-16(15)22-23-17(24)11-13-10-9-12-5-1-2-6-14(12)13/h1-8,13,22H,9-11H2,(H,23,24). The summed E-state index contributed by atoms with van der Waals surface area (Å²) in [6.07, 6.45) is -2.42. The molecule has 6 heteroatoms. The van der Waals surface area contributed by atoms with Gasteiger partial charge in [0.25, 0.3) is 0 Å². The molecule has 1 amide bonds. The smallest absolute Gasteiger partial charge is 0.298 e. The number of hydrogen-bond acceptors (Lipinski definition) is 2. The molecule has 1 atom stereocenters. The normalized spacial score (nSPS) is 16.5. The van der Waals surface area contributed by atoms with Gasteiger partial charge < -0.3 is 0 Å². The Labute approximate surface area is 137 Å². The number of alkyl halides is 3. The molecule has 0 aromatic heterocycles. The number of nitrogens with one attached hydrogen (secondary N) is 2. The van der Waals surface area contributed by atoms with Gasteiger partial charge in [0, 0.05) is 6.42 Å². The highest BCUT2D eigenvalue weighted by atomic mass is 19.4. The van der Waals surface area contributed by atoms with Gasteiger partial charge in [-0.05, 0) is 42.0 Å². The van der Waals surface area contributed by atoms with Crippen LogP contribution in [-0.2, 0) is 17.4 Å². The van der Waals surface area contributed by atoms with E-state index in [1.54, 1.807) is 0 Å². The van der Waals surface area contributed by atoms with Gasteiger partial charge in [0.1, 0.15) is 0 Å². The van der Waals surface area contributed by atoms with Gasteiger partial charge in [0.2, 0.25) is 5.91 Å². The van der Waals surface area contributed by atoms with Crippen molar-refractivity contribution < 1.29 is 18.0 Å². The van der Waals surface area contributed by atoms with Gasteiger partial charge in [-0.1, -0.05) is 36.4 Å². The molecule has 2 aromatic rings. The number of carbonyl (C=O) groups excluding carboxylic acids is 1. The number of fused-ring (bicyclic) bond motifs is 1. The SMILES string of the molecule is O=C(CC1CCc2ccccc21)NNc1ccccc1C(F)(F)F. The summed E-state index contributed by atoms with van der Waals surface area (Å²) in [6, 6.07) is 13.0. The van der Waals surface area contributed by atoms with Crippen LogP contribution in [0.1, 0.15) is 35.4 Å². The summed E-state index contributed by atoms with van der Waals surface area (Å²) in [5.74, 6) is -0.213. The van der Waals surface area contributed by atoms with Crippen LogP contribution in [0.5, 0.6) is 0 Å². The van der Waals surface area contributed by atoms with Crippen molar-refractivity contribution in [2.45, 2.75) is 31.4 Å². The lowest BCUT2D eigenvalue weighted by Crippen LogP contribution is -2.31. The molecular formula is C18H17F3N2O. The molecule has 126 valence electrons. The van der Waals surface area contributed by atoms with E-state index in [4.69, 9.17) is 0 Å². The van der Waals surface area contributed by atoms with Gasteiger partial charge in [0.05, 0.1) is 11.3 Å². The minimum atomic E-state index is -4.47. The highest BCUT2D eigenvalue weighted by molar-refractivity contribution is 5.78. The van der Waals surface area contributed by atoms with Gasteiger partial charge in [-0.3, -0.25) is 15.6 Å². The van der Waals surface area contributed by atoms with E-state index in [1.165, 1.54) is 23.8 Å². The van der Waals surface area contributed by atoms with Crippen LogP contribution in [-0.4, -0.2) is 5.91 Å². The molecule has 1 unspecified atom stereocenters. The Morgan fingerprint density at radius 3 is 2.58 bits per heavy atom. The fourth-order valence-corrected chi connectivity index (χ4v) is 3.11. The van der Waals surface area contributed by atoms with Gasteiger partial charge in [0.15, 0.2) is 0 Å². The summed E-state index contributed by atoms with van der Waals surface area (Å²) in [5, 5.41) is 0. The minimum absolute atomic E-state index is 0.112. The second kappa shape index (κ2) is 6.55. The monoisotopic (exact) mass is 334 g/mol. The number of hydrazine groups is 1. The lowest BCUT2D eigenvalue weighted by Gasteiger charge is -2.16. The van der Waals surface area contributed by atoms with E-state index in [1.807, 2.05) is 24.3 Å². The third-order valence-corrected chi connectivity index (χ3v) is 4.26. The van der Waals surface area contributed by atoms with E-state index in [-0.39, 0.29) is 23.9 Å². The number of carbonyl (C=O) groups is 1. The Bertz CT molecular complexity index is 743. The topological polar surface area (TPSA) is 41.1 Å². The van der Waals surface area contributed by atoms with E-state index in [0.29, 0.717) is 0 Å². The molecule has 2 N–H and O–H groups in total. The van der Waals surface area contributed by atoms with E-state index >= 15 is 0 Å². The lowest BCUT2D eigenvalue weighted by molar-refractivity contribution is -0.137. The first-order valence-corrected chi connectivity index (χ1v) is 7.74. The molecule has 0 saturated carbocycles. The number of hydrogen-bond donors (Lipinski definition) is 2. The van der Waals surface area contributed by atoms with Crippen molar-refractivity contribution in [3.8, 4) is 0 Å². The Morgan fingerprint density at radius 2 is 1.79 bits per heavy atom. The molecule has 3 rings (SSSR count). The molecule has 1 aliphatic carbocycles. The highest BCUT2D eigenvalue weighted by Crippen LogP contribution is 2.36. The Balaban J connectivity index is 1.62. The van der Waals surface area contributed by atoms with Crippen molar-refractivity contribution >= 4 is 11.6 Å². The number of halogens is 3. The van der Waals surface area contributed by atoms with E-state index in [2.05, 4.69) is 10.9 Å². The summed E-state index contributed by atoms with van der Waals surface area (Å²) in [6.45, 7) is 0. The van der Waals surface area contributed by atoms with Gasteiger partial charge in [-0.25, -0.2) is 0 Å². The Morgan fingerprint density at radius 1 is 1.08 bits per heavy atom. The second-order valence-electron chi connectivity index (χ2n) is 5.86. The summed E-state index contributed by atoms with van der Waals surface area (Å²) >= 11 is 0. The average Bonchev–Trinajstić information content (AvgIpc) is 2.95. The summed E-state index contributed by atoms with van der Waals surface area (Å²) in [4.78, 5) is 12.1. The third kappa shape index (κ3) is 3.53. The molecule has 0 heterocycles. The molecule has 0 aliphatic heterocycles. The predicted molar refractivity (Wildman–Crippen MR) is 85.3 cm³/mol. The van der Waals surface area contributed by atoms with Crippen LogP contribution in [0.3, 0.4) is 0 Å². The number of para-hydroxylation sites is 1. The molecule has 2 aromatic carbocycles. The van der Waals surface area contributed by atoms with E-state index in [9.17, 15) is 18.0 Å². The largest absolute Gasteiger partial charge is 0.418 e. The van der Waals surface area contributed by atoms with Crippen molar-refractivity contribution in [3.05, 3.63) is 65.2 Å². The first-order chi connectivity index (χ1) is 11.4. The van der Waals surface area contributed by atoms with Crippen molar-refractivity contribution in [2.75, 3.05) is 5.43 Å². The number of aryl methyl sites for hydroxylation is 1. The van der Waals surface area contributed by atoms with E-state index < -0.39 is 11.7 Å². The van der Waals surface area contributed by atoms with Crippen LogP contribution >= 0.6 is 0 Å². The Kier molecular flexibility index (Phi) is 4.46. The predicted octanol–water partition coefficient (Wildman–Crippen LogP) is 4.27. The van der Waals surface area contributed by atoms with Gasteiger partial charge in [-0.2, -0.15) is 13.2 Å². The first kappa shape index (κ1) is 16.4. The maximum Gasteiger partial charge on any atom is 0.418 e. The molecule has 0 radical (unpaired) electrons.